The number of rotatable bonds is 5. The van der Waals surface area contributed by atoms with Crippen LogP contribution in [0.3, 0.4) is 0 Å². The van der Waals surface area contributed by atoms with Crippen molar-refractivity contribution in [2.24, 2.45) is 0 Å². The first-order valence-electron chi connectivity index (χ1n) is 10.7. The van der Waals surface area contributed by atoms with E-state index in [1.807, 2.05) is 47.7 Å². The number of nitrogens with one attached hydrogen (secondary N) is 1. The van der Waals surface area contributed by atoms with E-state index in [-0.39, 0.29) is 5.91 Å². The maximum atomic E-state index is 13.6. The first kappa shape index (κ1) is 20.7. The number of aryl methyl sites for hydroxylation is 1. The summed E-state index contributed by atoms with van der Waals surface area (Å²) in [5, 5.41) is 7.91. The Labute approximate surface area is 191 Å². The number of carbonyl (C=O) groups excluding carboxylic acids is 1. The molecule has 0 fully saturated rings. The van der Waals surface area contributed by atoms with Gasteiger partial charge in [0.15, 0.2) is 5.69 Å². The van der Waals surface area contributed by atoms with Crippen molar-refractivity contribution in [3.8, 4) is 0 Å². The minimum Gasteiger partial charge on any atom is -0.333 e. The number of halogens is 1. The molecule has 0 unspecified atom stereocenters. The summed E-state index contributed by atoms with van der Waals surface area (Å²) in [5.41, 5.74) is 6.53. The summed E-state index contributed by atoms with van der Waals surface area (Å²) >= 11 is 6.28. The zero-order valence-corrected chi connectivity index (χ0v) is 18.9. The summed E-state index contributed by atoms with van der Waals surface area (Å²) < 4.78 is 1.93. The number of fused-ring (bicyclic) bond motifs is 2. The summed E-state index contributed by atoms with van der Waals surface area (Å²) in [6.45, 7) is 4.47. The molecular formula is C24H25ClN6O. The molecule has 4 heterocycles. The number of nitrogens with zero attached hydrogens (tertiary/aromatic N) is 5. The minimum atomic E-state index is -0.0432. The Morgan fingerprint density at radius 3 is 2.78 bits per heavy atom. The molecule has 3 aromatic heterocycles. The van der Waals surface area contributed by atoms with Gasteiger partial charge in [-0.15, -0.1) is 0 Å². The van der Waals surface area contributed by atoms with Gasteiger partial charge in [-0.2, -0.15) is 5.10 Å². The largest absolute Gasteiger partial charge is 0.333 e. The zero-order valence-electron chi connectivity index (χ0n) is 18.2. The maximum Gasteiger partial charge on any atom is 0.274 e. The topological polar surface area (TPSA) is 69.5 Å². The Morgan fingerprint density at radius 1 is 1.19 bits per heavy atom. The van der Waals surface area contributed by atoms with E-state index < -0.39 is 0 Å². The van der Waals surface area contributed by atoms with E-state index in [0.29, 0.717) is 42.5 Å². The van der Waals surface area contributed by atoms with Gasteiger partial charge in [-0.25, -0.2) is 4.98 Å². The van der Waals surface area contributed by atoms with Gasteiger partial charge in [-0.3, -0.25) is 14.8 Å². The van der Waals surface area contributed by atoms with Gasteiger partial charge in [0.05, 0.1) is 16.4 Å². The molecule has 0 bridgehead atoms. The fraction of sp³-hybridized carbons (Fsp3) is 0.292. The SMILES string of the molecule is Cc1cc(CN(C)Cc2c(C(=O)N3CCc4ccccc4C3)nc3ccc(Cl)cn23)n[nH]1. The van der Waals surface area contributed by atoms with E-state index in [2.05, 4.69) is 33.3 Å². The lowest BCUT2D eigenvalue weighted by Crippen LogP contribution is -2.37. The number of pyridine rings is 1. The van der Waals surface area contributed by atoms with Crippen molar-refractivity contribution in [3.05, 3.63) is 87.6 Å². The Morgan fingerprint density at radius 2 is 2.00 bits per heavy atom. The highest BCUT2D eigenvalue weighted by Gasteiger charge is 2.27. The van der Waals surface area contributed by atoms with Gasteiger partial charge in [0.2, 0.25) is 0 Å². The van der Waals surface area contributed by atoms with Crippen LogP contribution in [0.25, 0.3) is 5.65 Å². The molecule has 0 atom stereocenters. The molecule has 1 aliphatic heterocycles. The number of hydrogen-bond acceptors (Lipinski definition) is 4. The number of hydrogen-bond donors (Lipinski definition) is 1. The van der Waals surface area contributed by atoms with E-state index in [1.54, 1.807) is 6.07 Å². The lowest BCUT2D eigenvalue weighted by atomic mass is 9.99. The van der Waals surface area contributed by atoms with E-state index in [9.17, 15) is 4.79 Å². The van der Waals surface area contributed by atoms with Crippen LogP contribution in [0.2, 0.25) is 5.02 Å². The van der Waals surface area contributed by atoms with Crippen LogP contribution in [0.5, 0.6) is 0 Å². The monoisotopic (exact) mass is 448 g/mol. The van der Waals surface area contributed by atoms with Crippen LogP contribution in [-0.2, 0) is 26.1 Å². The summed E-state index contributed by atoms with van der Waals surface area (Å²) in [5.74, 6) is -0.0432. The van der Waals surface area contributed by atoms with E-state index in [4.69, 9.17) is 16.6 Å². The smallest absolute Gasteiger partial charge is 0.274 e. The van der Waals surface area contributed by atoms with Crippen molar-refractivity contribution in [2.75, 3.05) is 13.6 Å². The first-order chi connectivity index (χ1) is 15.5. The molecule has 0 saturated carbocycles. The average Bonchev–Trinajstić information content (AvgIpc) is 3.35. The number of H-pyrrole nitrogens is 1. The Bertz CT molecular complexity index is 1290. The molecule has 1 amide bonds. The predicted octanol–water partition coefficient (Wildman–Crippen LogP) is 3.85. The first-order valence-corrected chi connectivity index (χ1v) is 11.1. The molecule has 1 aliphatic rings. The van der Waals surface area contributed by atoms with Gasteiger partial charge in [0.1, 0.15) is 5.65 Å². The van der Waals surface area contributed by atoms with E-state index >= 15 is 0 Å². The van der Waals surface area contributed by atoms with Gasteiger partial charge in [0.25, 0.3) is 5.91 Å². The Balaban J connectivity index is 1.46. The number of aromatic amines is 1. The third-order valence-corrected chi connectivity index (χ3v) is 6.14. The van der Waals surface area contributed by atoms with Gasteiger partial charge < -0.3 is 9.30 Å². The van der Waals surface area contributed by atoms with Crippen LogP contribution in [0.4, 0.5) is 0 Å². The van der Waals surface area contributed by atoms with Crippen LogP contribution in [-0.4, -0.2) is 48.9 Å². The highest BCUT2D eigenvalue weighted by Crippen LogP contribution is 2.24. The molecule has 0 saturated heterocycles. The summed E-state index contributed by atoms with van der Waals surface area (Å²) in [7, 11) is 2.01. The van der Waals surface area contributed by atoms with Crippen LogP contribution in [0.1, 0.15) is 38.7 Å². The average molecular weight is 449 g/mol. The lowest BCUT2D eigenvalue weighted by molar-refractivity contribution is 0.0727. The summed E-state index contributed by atoms with van der Waals surface area (Å²) in [4.78, 5) is 22.3. The number of aromatic nitrogens is 4. The van der Waals surface area contributed by atoms with Crippen LogP contribution in [0.15, 0.2) is 48.7 Å². The van der Waals surface area contributed by atoms with Crippen LogP contribution >= 0.6 is 11.6 Å². The number of carbonyl (C=O) groups is 1. The quantitative estimate of drug-likeness (QED) is 0.503. The molecule has 32 heavy (non-hydrogen) atoms. The fourth-order valence-electron chi connectivity index (χ4n) is 4.35. The lowest BCUT2D eigenvalue weighted by Gasteiger charge is -2.28. The minimum absolute atomic E-state index is 0.0432. The van der Waals surface area contributed by atoms with Crippen LogP contribution < -0.4 is 0 Å². The summed E-state index contributed by atoms with van der Waals surface area (Å²) in [6, 6.07) is 14.0. The highest BCUT2D eigenvalue weighted by molar-refractivity contribution is 6.30. The predicted molar refractivity (Wildman–Crippen MR) is 124 cm³/mol. The molecular weight excluding hydrogens is 424 g/mol. The number of benzene rings is 1. The fourth-order valence-corrected chi connectivity index (χ4v) is 4.51. The molecule has 1 aromatic carbocycles. The molecule has 5 rings (SSSR count). The van der Waals surface area contributed by atoms with Crippen molar-refractivity contribution in [3.63, 3.8) is 0 Å². The molecule has 4 aromatic rings. The molecule has 8 heteroatoms. The van der Waals surface area contributed by atoms with Gasteiger partial charge in [-0.1, -0.05) is 35.9 Å². The number of amides is 1. The van der Waals surface area contributed by atoms with Gasteiger partial charge >= 0.3 is 0 Å². The third kappa shape index (κ3) is 4.01. The van der Waals surface area contributed by atoms with Crippen molar-refractivity contribution >= 4 is 23.2 Å². The van der Waals surface area contributed by atoms with Crippen molar-refractivity contribution in [1.29, 1.82) is 0 Å². The maximum absolute atomic E-state index is 13.6. The second kappa shape index (κ2) is 8.41. The molecule has 0 aliphatic carbocycles. The molecule has 0 spiro atoms. The van der Waals surface area contributed by atoms with E-state index in [1.165, 1.54) is 11.1 Å². The van der Waals surface area contributed by atoms with Crippen molar-refractivity contribution in [1.82, 2.24) is 29.4 Å². The highest BCUT2D eigenvalue weighted by atomic mass is 35.5. The van der Waals surface area contributed by atoms with Crippen molar-refractivity contribution < 1.29 is 4.79 Å². The van der Waals surface area contributed by atoms with Gasteiger partial charge in [-0.05, 0) is 49.7 Å². The summed E-state index contributed by atoms with van der Waals surface area (Å²) in [6.07, 6.45) is 2.68. The molecule has 7 nitrogen and oxygen atoms in total. The second-order valence-corrected chi connectivity index (χ2v) is 8.88. The van der Waals surface area contributed by atoms with E-state index in [0.717, 1.165) is 23.5 Å². The Kier molecular flexibility index (Phi) is 5.45. The third-order valence-electron chi connectivity index (χ3n) is 5.91. The van der Waals surface area contributed by atoms with Gasteiger partial charge in [0, 0.05) is 38.1 Å². The normalized spacial score (nSPS) is 13.7. The zero-order chi connectivity index (χ0) is 22.2. The molecule has 1 N–H and O–H groups in total. The molecule has 0 radical (unpaired) electrons. The standard InChI is InChI=1S/C24H25ClN6O/c1-16-11-20(28-27-16)14-29(2)15-21-23(26-22-8-7-19(25)13-31(21)22)24(32)30-10-9-17-5-3-4-6-18(17)12-30/h3-8,11,13H,9-10,12,14-15H2,1-2H3,(H,27,28). The van der Waals surface area contributed by atoms with Crippen molar-refractivity contribution in [2.45, 2.75) is 33.0 Å². The Hall–Kier alpha value is -3.16. The number of imidazole rings is 1. The molecule has 164 valence electrons. The van der Waals surface area contributed by atoms with Crippen LogP contribution in [0, 0.1) is 6.92 Å². The second-order valence-electron chi connectivity index (χ2n) is 8.44.